The summed E-state index contributed by atoms with van der Waals surface area (Å²) in [5.41, 5.74) is 3.38. The van der Waals surface area contributed by atoms with Crippen LogP contribution in [0.5, 0.6) is 5.75 Å². The molecule has 0 N–H and O–H groups in total. The molecule has 3 heteroatoms. The monoisotopic (exact) mass is 306 g/mol. The lowest BCUT2D eigenvalue weighted by atomic mass is 10.1. The molecule has 2 aromatic rings. The van der Waals surface area contributed by atoms with Gasteiger partial charge in [-0.05, 0) is 30.2 Å². The summed E-state index contributed by atoms with van der Waals surface area (Å²) in [5, 5.41) is 0. The zero-order valence-corrected chi connectivity index (χ0v) is 13.0. The van der Waals surface area contributed by atoms with E-state index in [9.17, 15) is 4.79 Å². The Morgan fingerprint density at radius 3 is 2.87 bits per heavy atom. The Hall–Kier alpha value is -2.81. The molecule has 1 aliphatic rings. The van der Waals surface area contributed by atoms with Crippen LogP contribution in [0.3, 0.4) is 0 Å². The predicted molar refractivity (Wildman–Crippen MR) is 90.5 cm³/mol. The van der Waals surface area contributed by atoms with Gasteiger partial charge in [-0.2, -0.15) is 0 Å². The third-order valence-corrected chi connectivity index (χ3v) is 3.78. The number of carbonyl (C=O) groups is 1. The highest BCUT2D eigenvalue weighted by molar-refractivity contribution is 5.94. The molecule has 0 saturated carbocycles. The van der Waals surface area contributed by atoms with Crippen LogP contribution in [0.4, 0.5) is 0 Å². The van der Waals surface area contributed by atoms with E-state index in [1.807, 2.05) is 55.5 Å². The number of fused-ring (bicyclic) bond motifs is 1. The van der Waals surface area contributed by atoms with Gasteiger partial charge in [0.15, 0.2) is 0 Å². The zero-order chi connectivity index (χ0) is 16.2. The van der Waals surface area contributed by atoms with E-state index >= 15 is 0 Å². The first-order chi connectivity index (χ1) is 11.2. The Kier molecular flexibility index (Phi) is 4.29. The minimum atomic E-state index is -0.381. The second-order valence-electron chi connectivity index (χ2n) is 5.36. The van der Waals surface area contributed by atoms with Crippen LogP contribution >= 0.6 is 0 Å². The van der Waals surface area contributed by atoms with Crippen molar-refractivity contribution in [1.82, 2.24) is 0 Å². The van der Waals surface area contributed by atoms with Gasteiger partial charge in [-0.1, -0.05) is 55.1 Å². The van der Waals surface area contributed by atoms with Crippen LogP contribution in [0.15, 0.2) is 61.2 Å². The molecule has 0 spiro atoms. The topological polar surface area (TPSA) is 35.5 Å². The number of ether oxygens (including phenoxy) is 2. The Morgan fingerprint density at radius 2 is 2.04 bits per heavy atom. The van der Waals surface area contributed by atoms with E-state index in [-0.39, 0.29) is 12.1 Å². The molecule has 0 fully saturated rings. The molecule has 3 rings (SSSR count). The third kappa shape index (κ3) is 3.04. The summed E-state index contributed by atoms with van der Waals surface area (Å²) < 4.78 is 11.3. The molecule has 3 nitrogen and oxygen atoms in total. The molecule has 1 aliphatic carbocycles. The maximum atomic E-state index is 12.7. The molecule has 0 saturated heterocycles. The van der Waals surface area contributed by atoms with Crippen LogP contribution in [0.25, 0.3) is 6.08 Å². The Morgan fingerprint density at radius 1 is 1.22 bits per heavy atom. The van der Waals surface area contributed by atoms with E-state index in [0.717, 1.165) is 16.7 Å². The lowest BCUT2D eigenvalue weighted by Crippen LogP contribution is -2.12. The first-order valence-corrected chi connectivity index (χ1v) is 7.52. The van der Waals surface area contributed by atoms with E-state index in [0.29, 0.717) is 17.9 Å². The van der Waals surface area contributed by atoms with Gasteiger partial charge in [0.1, 0.15) is 24.0 Å². The lowest BCUT2D eigenvalue weighted by molar-refractivity contribution is 0.0392. The molecule has 0 radical (unpaired) electrons. The molecule has 116 valence electrons. The first-order valence-electron chi connectivity index (χ1n) is 7.52. The van der Waals surface area contributed by atoms with E-state index in [1.54, 1.807) is 12.1 Å². The number of carbonyl (C=O) groups excluding carboxylic acids is 1. The van der Waals surface area contributed by atoms with E-state index in [1.165, 1.54) is 0 Å². The minimum Gasteiger partial charge on any atom is -0.489 e. The van der Waals surface area contributed by atoms with Crippen LogP contribution in [0.1, 0.15) is 33.2 Å². The molecular weight excluding hydrogens is 288 g/mol. The predicted octanol–water partition coefficient (Wildman–Crippen LogP) is 4.48. The zero-order valence-electron chi connectivity index (χ0n) is 13.0. The van der Waals surface area contributed by atoms with Gasteiger partial charge < -0.3 is 9.47 Å². The fourth-order valence-electron chi connectivity index (χ4n) is 2.66. The SMILES string of the molecule is C=CCOc1cccc(C)c1C(=O)OC1C=Cc2ccccc21. The molecule has 0 aromatic heterocycles. The molecule has 1 atom stereocenters. The number of hydrogen-bond acceptors (Lipinski definition) is 3. The lowest BCUT2D eigenvalue weighted by Gasteiger charge is -2.16. The molecular formula is C20H18O3. The highest BCUT2D eigenvalue weighted by atomic mass is 16.5. The minimum absolute atomic E-state index is 0.343. The summed E-state index contributed by atoms with van der Waals surface area (Å²) in [6.45, 7) is 5.84. The van der Waals surface area contributed by atoms with Gasteiger partial charge in [-0.25, -0.2) is 4.79 Å². The average Bonchev–Trinajstić information content (AvgIpc) is 2.96. The normalized spacial score (nSPS) is 15.1. The fraction of sp³-hybridized carbons (Fsp3) is 0.150. The largest absolute Gasteiger partial charge is 0.489 e. The van der Waals surface area contributed by atoms with Crippen LogP contribution in [0.2, 0.25) is 0 Å². The number of rotatable bonds is 5. The fourth-order valence-corrected chi connectivity index (χ4v) is 2.66. The first kappa shape index (κ1) is 15.1. The summed E-state index contributed by atoms with van der Waals surface area (Å²) in [4.78, 5) is 12.7. The van der Waals surface area contributed by atoms with Crippen molar-refractivity contribution in [1.29, 1.82) is 0 Å². The molecule has 1 unspecified atom stereocenters. The van der Waals surface area contributed by atoms with Gasteiger partial charge in [-0.3, -0.25) is 0 Å². The highest BCUT2D eigenvalue weighted by Crippen LogP contribution is 2.33. The van der Waals surface area contributed by atoms with E-state index in [4.69, 9.17) is 9.47 Å². The van der Waals surface area contributed by atoms with Crippen LogP contribution < -0.4 is 4.74 Å². The standard InChI is InChI=1S/C20H18O3/c1-3-13-22-18-10-6-7-14(2)19(18)20(21)23-17-12-11-15-8-4-5-9-16(15)17/h3-12,17H,1,13H2,2H3. The van der Waals surface area contributed by atoms with Crippen LogP contribution in [0, 0.1) is 6.92 Å². The maximum Gasteiger partial charge on any atom is 0.343 e. The number of aryl methyl sites for hydroxylation is 1. The van der Waals surface area contributed by atoms with Gasteiger partial charge >= 0.3 is 5.97 Å². The summed E-state index contributed by atoms with van der Waals surface area (Å²) >= 11 is 0. The van der Waals surface area contributed by atoms with Crippen LogP contribution in [-0.4, -0.2) is 12.6 Å². The summed E-state index contributed by atoms with van der Waals surface area (Å²) in [6, 6.07) is 13.4. The Bertz CT molecular complexity index is 774. The van der Waals surface area contributed by atoms with Gasteiger partial charge in [-0.15, -0.1) is 0 Å². The molecule has 0 heterocycles. The van der Waals surface area contributed by atoms with Crippen molar-refractivity contribution in [2.75, 3.05) is 6.61 Å². The third-order valence-electron chi connectivity index (χ3n) is 3.78. The van der Waals surface area contributed by atoms with E-state index in [2.05, 4.69) is 6.58 Å². The second-order valence-corrected chi connectivity index (χ2v) is 5.36. The molecule has 0 amide bonds. The molecule has 0 aliphatic heterocycles. The van der Waals surface area contributed by atoms with Gasteiger partial charge in [0.2, 0.25) is 0 Å². The maximum absolute atomic E-state index is 12.7. The van der Waals surface area contributed by atoms with Gasteiger partial charge in [0.05, 0.1) is 0 Å². The summed E-state index contributed by atoms with van der Waals surface area (Å²) in [7, 11) is 0. The highest BCUT2D eigenvalue weighted by Gasteiger charge is 2.24. The van der Waals surface area contributed by atoms with Crippen LogP contribution in [-0.2, 0) is 4.74 Å². The number of esters is 1. The van der Waals surface area contributed by atoms with Crippen molar-refractivity contribution in [2.24, 2.45) is 0 Å². The summed E-state index contributed by atoms with van der Waals surface area (Å²) in [5.74, 6) is 0.138. The van der Waals surface area contributed by atoms with Crippen molar-refractivity contribution >= 4 is 12.0 Å². The Labute approximate surface area is 135 Å². The smallest absolute Gasteiger partial charge is 0.343 e. The van der Waals surface area contributed by atoms with Crippen molar-refractivity contribution in [3.8, 4) is 5.75 Å². The van der Waals surface area contributed by atoms with Gasteiger partial charge in [0, 0.05) is 5.56 Å². The second kappa shape index (κ2) is 6.53. The van der Waals surface area contributed by atoms with E-state index < -0.39 is 0 Å². The number of hydrogen-bond donors (Lipinski definition) is 0. The van der Waals surface area contributed by atoms with Crippen molar-refractivity contribution in [3.05, 3.63) is 83.4 Å². The van der Waals surface area contributed by atoms with Crippen molar-refractivity contribution in [3.63, 3.8) is 0 Å². The molecule has 0 bridgehead atoms. The Balaban J connectivity index is 1.85. The van der Waals surface area contributed by atoms with Crippen molar-refractivity contribution in [2.45, 2.75) is 13.0 Å². The molecule has 23 heavy (non-hydrogen) atoms. The number of benzene rings is 2. The average molecular weight is 306 g/mol. The molecule has 2 aromatic carbocycles. The quantitative estimate of drug-likeness (QED) is 0.603. The van der Waals surface area contributed by atoms with Crippen molar-refractivity contribution < 1.29 is 14.3 Å². The summed E-state index contributed by atoms with van der Waals surface area (Å²) in [6.07, 6.45) is 5.16. The van der Waals surface area contributed by atoms with Gasteiger partial charge in [0.25, 0.3) is 0 Å².